The average Bonchev–Trinajstić information content (AvgIpc) is 2.78. The highest BCUT2D eigenvalue weighted by atomic mass is 32.1. The number of aliphatic hydroxyl groups is 1. The lowest BCUT2D eigenvalue weighted by Gasteiger charge is -2.25. The lowest BCUT2D eigenvalue weighted by atomic mass is 10.0. The van der Waals surface area contributed by atoms with Gasteiger partial charge in [-0.05, 0) is 27.2 Å². The monoisotopic (exact) mass is 281 g/mol. The maximum absolute atomic E-state index is 12.0. The molecule has 1 amide bonds. The van der Waals surface area contributed by atoms with E-state index in [0.717, 1.165) is 16.3 Å². The van der Waals surface area contributed by atoms with Crippen LogP contribution in [-0.4, -0.2) is 32.5 Å². The van der Waals surface area contributed by atoms with Crippen molar-refractivity contribution in [2.24, 2.45) is 0 Å². The summed E-state index contributed by atoms with van der Waals surface area (Å²) in [4.78, 5) is 17.3. The Morgan fingerprint density at radius 3 is 3.00 bits per heavy atom. The normalized spacial score (nSPS) is 12.0. The quantitative estimate of drug-likeness (QED) is 0.873. The maximum Gasteiger partial charge on any atom is 0.226 e. The van der Waals surface area contributed by atoms with Crippen molar-refractivity contribution < 1.29 is 9.90 Å². The summed E-state index contributed by atoms with van der Waals surface area (Å²) in [5.41, 5.74) is 1.51. The molecule has 2 aromatic heterocycles. The number of carbonyl (C=O) groups is 1. The van der Waals surface area contributed by atoms with Gasteiger partial charge in [0.1, 0.15) is 0 Å². The van der Waals surface area contributed by atoms with Crippen LogP contribution in [0.3, 0.4) is 0 Å². The van der Waals surface area contributed by atoms with Crippen molar-refractivity contribution in [1.29, 1.82) is 0 Å². The zero-order chi connectivity index (χ0) is 14.0. The Morgan fingerprint density at radius 1 is 1.58 bits per heavy atom. The first-order valence-corrected chi connectivity index (χ1v) is 7.13. The van der Waals surface area contributed by atoms with Gasteiger partial charge >= 0.3 is 0 Å². The van der Waals surface area contributed by atoms with Crippen LogP contribution in [0.25, 0.3) is 4.96 Å². The lowest BCUT2D eigenvalue weighted by molar-refractivity contribution is -0.122. The van der Waals surface area contributed by atoms with Crippen molar-refractivity contribution in [3.8, 4) is 0 Å². The second-order valence-corrected chi connectivity index (χ2v) is 6.18. The zero-order valence-corrected chi connectivity index (χ0v) is 12.3. The van der Waals surface area contributed by atoms with E-state index in [1.54, 1.807) is 0 Å². The second kappa shape index (κ2) is 5.30. The molecule has 0 bridgehead atoms. The topological polar surface area (TPSA) is 66.6 Å². The van der Waals surface area contributed by atoms with Gasteiger partial charge in [-0.15, -0.1) is 11.3 Å². The summed E-state index contributed by atoms with van der Waals surface area (Å²) >= 11 is 1.54. The third-order valence-electron chi connectivity index (χ3n) is 2.96. The SMILES string of the molecule is Cc1cn2c(CC(=O)NC(C)(C)CCO)csc2n1. The molecule has 104 valence electrons. The highest BCUT2D eigenvalue weighted by Gasteiger charge is 2.20. The molecule has 0 fully saturated rings. The number of rotatable bonds is 5. The Bertz CT molecular complexity index is 586. The number of hydrogen-bond donors (Lipinski definition) is 2. The molecule has 19 heavy (non-hydrogen) atoms. The molecule has 0 unspecified atom stereocenters. The minimum Gasteiger partial charge on any atom is -0.396 e. The molecule has 0 atom stereocenters. The molecule has 0 spiro atoms. The number of carbonyl (C=O) groups excluding carboxylic acids is 1. The largest absolute Gasteiger partial charge is 0.396 e. The van der Waals surface area contributed by atoms with E-state index < -0.39 is 0 Å². The summed E-state index contributed by atoms with van der Waals surface area (Å²) in [6.45, 7) is 5.82. The molecule has 0 saturated carbocycles. The zero-order valence-electron chi connectivity index (χ0n) is 11.4. The molecular weight excluding hydrogens is 262 g/mol. The Morgan fingerprint density at radius 2 is 2.32 bits per heavy atom. The molecular formula is C13H19N3O2S. The van der Waals surface area contributed by atoms with Gasteiger partial charge in [0.15, 0.2) is 4.96 Å². The van der Waals surface area contributed by atoms with E-state index >= 15 is 0 Å². The summed E-state index contributed by atoms with van der Waals surface area (Å²) in [5.74, 6) is -0.0375. The van der Waals surface area contributed by atoms with Crippen molar-refractivity contribution in [3.63, 3.8) is 0 Å². The smallest absolute Gasteiger partial charge is 0.226 e. The fourth-order valence-electron chi connectivity index (χ4n) is 2.00. The molecule has 0 radical (unpaired) electrons. The number of thiazole rings is 1. The van der Waals surface area contributed by atoms with Crippen LogP contribution in [0.4, 0.5) is 0 Å². The van der Waals surface area contributed by atoms with Crippen molar-refractivity contribution in [2.75, 3.05) is 6.61 Å². The first-order chi connectivity index (χ1) is 8.91. The highest BCUT2D eigenvalue weighted by Crippen LogP contribution is 2.17. The van der Waals surface area contributed by atoms with Gasteiger partial charge < -0.3 is 10.4 Å². The highest BCUT2D eigenvalue weighted by molar-refractivity contribution is 7.15. The Kier molecular flexibility index (Phi) is 3.91. The van der Waals surface area contributed by atoms with Gasteiger partial charge in [0.2, 0.25) is 5.91 Å². The maximum atomic E-state index is 12.0. The van der Waals surface area contributed by atoms with E-state index in [1.165, 1.54) is 11.3 Å². The molecule has 0 aliphatic carbocycles. The fourth-order valence-corrected chi connectivity index (χ4v) is 2.92. The number of amides is 1. The average molecular weight is 281 g/mol. The van der Waals surface area contributed by atoms with Gasteiger partial charge in [-0.2, -0.15) is 0 Å². The third kappa shape index (κ3) is 3.33. The van der Waals surface area contributed by atoms with Gasteiger partial charge in [0, 0.05) is 29.4 Å². The molecule has 2 aromatic rings. The molecule has 5 nitrogen and oxygen atoms in total. The minimum absolute atomic E-state index is 0.0375. The molecule has 2 rings (SSSR count). The molecule has 0 aliphatic rings. The van der Waals surface area contributed by atoms with Gasteiger partial charge in [-0.25, -0.2) is 4.98 Å². The number of aromatic nitrogens is 2. The Balaban J connectivity index is 2.06. The molecule has 0 saturated heterocycles. The van der Waals surface area contributed by atoms with E-state index in [4.69, 9.17) is 5.11 Å². The lowest BCUT2D eigenvalue weighted by Crippen LogP contribution is -2.44. The van der Waals surface area contributed by atoms with Crippen molar-refractivity contribution in [2.45, 2.75) is 39.2 Å². The molecule has 6 heteroatoms. The molecule has 2 heterocycles. The summed E-state index contributed by atoms with van der Waals surface area (Å²) in [6.07, 6.45) is 2.81. The van der Waals surface area contributed by atoms with Crippen LogP contribution in [0.15, 0.2) is 11.6 Å². The van der Waals surface area contributed by atoms with Crippen LogP contribution in [0.5, 0.6) is 0 Å². The van der Waals surface area contributed by atoms with E-state index in [1.807, 2.05) is 36.7 Å². The first-order valence-electron chi connectivity index (χ1n) is 6.25. The van der Waals surface area contributed by atoms with Crippen molar-refractivity contribution in [3.05, 3.63) is 23.0 Å². The van der Waals surface area contributed by atoms with Crippen molar-refractivity contribution in [1.82, 2.24) is 14.7 Å². The van der Waals surface area contributed by atoms with Crippen molar-refractivity contribution >= 4 is 22.2 Å². The number of nitrogens with zero attached hydrogens (tertiary/aromatic N) is 2. The Hall–Kier alpha value is -1.40. The number of aryl methyl sites for hydroxylation is 1. The third-order valence-corrected chi connectivity index (χ3v) is 3.85. The Labute approximate surface area is 116 Å². The van der Waals surface area contributed by atoms with E-state index in [9.17, 15) is 4.79 Å². The first kappa shape index (κ1) is 14.0. The van der Waals surface area contributed by atoms with E-state index in [-0.39, 0.29) is 18.1 Å². The summed E-state index contributed by atoms with van der Waals surface area (Å²) < 4.78 is 1.96. The molecule has 0 aliphatic heterocycles. The standard InChI is InChI=1S/C13H19N3O2S/c1-9-7-16-10(8-19-12(16)14-9)6-11(18)15-13(2,3)4-5-17/h7-8,17H,4-6H2,1-3H3,(H,15,18). The summed E-state index contributed by atoms with van der Waals surface area (Å²) in [6, 6.07) is 0. The van der Waals surface area contributed by atoms with Crippen LogP contribution in [0.1, 0.15) is 31.7 Å². The second-order valence-electron chi connectivity index (χ2n) is 5.34. The number of aliphatic hydroxyl groups excluding tert-OH is 1. The van der Waals surface area contributed by atoms with Crippen LogP contribution < -0.4 is 5.32 Å². The van der Waals surface area contributed by atoms with E-state index in [2.05, 4.69) is 10.3 Å². The minimum atomic E-state index is -0.383. The van der Waals surface area contributed by atoms with Crippen LogP contribution in [-0.2, 0) is 11.2 Å². The van der Waals surface area contributed by atoms with Crippen LogP contribution in [0.2, 0.25) is 0 Å². The van der Waals surface area contributed by atoms with Crippen LogP contribution >= 0.6 is 11.3 Å². The molecule has 0 aromatic carbocycles. The fraction of sp³-hybridized carbons (Fsp3) is 0.538. The number of hydrogen-bond acceptors (Lipinski definition) is 4. The van der Waals surface area contributed by atoms with E-state index in [0.29, 0.717) is 12.8 Å². The van der Waals surface area contributed by atoms with Gasteiger partial charge in [-0.3, -0.25) is 9.20 Å². The van der Waals surface area contributed by atoms with Gasteiger partial charge in [-0.1, -0.05) is 0 Å². The number of imidazole rings is 1. The number of nitrogens with one attached hydrogen (secondary N) is 1. The number of fused-ring (bicyclic) bond motifs is 1. The van der Waals surface area contributed by atoms with Gasteiger partial charge in [0.25, 0.3) is 0 Å². The van der Waals surface area contributed by atoms with Crippen LogP contribution in [0, 0.1) is 6.92 Å². The van der Waals surface area contributed by atoms with Gasteiger partial charge in [0.05, 0.1) is 12.1 Å². The summed E-state index contributed by atoms with van der Waals surface area (Å²) in [5, 5.41) is 13.9. The predicted molar refractivity (Wildman–Crippen MR) is 75.4 cm³/mol. The molecule has 2 N–H and O–H groups in total. The predicted octanol–water partition coefficient (Wildman–Crippen LogP) is 1.52. The summed E-state index contributed by atoms with van der Waals surface area (Å²) in [7, 11) is 0.